The van der Waals surface area contributed by atoms with Gasteiger partial charge < -0.3 is 15.0 Å². The van der Waals surface area contributed by atoms with Crippen LogP contribution in [0.4, 0.5) is 0 Å². The summed E-state index contributed by atoms with van der Waals surface area (Å²) >= 11 is 0. The maximum Gasteiger partial charge on any atom is 0.236 e. The molecule has 2 bridgehead atoms. The van der Waals surface area contributed by atoms with Gasteiger partial charge in [-0.3, -0.25) is 19.5 Å². The predicted octanol–water partition coefficient (Wildman–Crippen LogP) is 3.41. The van der Waals surface area contributed by atoms with Gasteiger partial charge in [-0.05, 0) is 50.3 Å². The standard InChI is InChI=1S/C28H36N4O3/c1-21(2)30-27(33)16-22-12-14-32-18-23(22)9-7-15-35-26-11-4-3-8-24(26)17-31(20-28(32)34)19-25-10-5-6-13-29-25/h3-11,13,21-23H,12,14-20H2,1-2H3,(H,30,33)/b9-7-/t22-,23-/m0/s1. The number of amides is 2. The fourth-order valence-corrected chi connectivity index (χ4v) is 4.91. The van der Waals surface area contributed by atoms with Crippen LogP contribution in [0.15, 0.2) is 60.8 Å². The van der Waals surface area contributed by atoms with E-state index in [1.165, 1.54) is 0 Å². The number of nitrogens with one attached hydrogen (secondary N) is 1. The highest BCUT2D eigenvalue weighted by Crippen LogP contribution is 2.29. The van der Waals surface area contributed by atoms with Crippen molar-refractivity contribution >= 4 is 11.8 Å². The first-order valence-corrected chi connectivity index (χ1v) is 12.5. The van der Waals surface area contributed by atoms with Gasteiger partial charge in [0.15, 0.2) is 0 Å². The van der Waals surface area contributed by atoms with Crippen molar-refractivity contribution in [1.82, 2.24) is 20.1 Å². The van der Waals surface area contributed by atoms with Gasteiger partial charge in [0, 0.05) is 50.4 Å². The summed E-state index contributed by atoms with van der Waals surface area (Å²) in [5.41, 5.74) is 1.97. The average Bonchev–Trinajstić information content (AvgIpc) is 2.84. The maximum atomic E-state index is 13.4. The van der Waals surface area contributed by atoms with Crippen molar-refractivity contribution in [3.8, 4) is 5.75 Å². The number of benzene rings is 1. The van der Waals surface area contributed by atoms with Crippen LogP contribution in [-0.2, 0) is 22.7 Å². The van der Waals surface area contributed by atoms with E-state index in [4.69, 9.17) is 4.74 Å². The zero-order valence-corrected chi connectivity index (χ0v) is 20.7. The van der Waals surface area contributed by atoms with Gasteiger partial charge in [-0.1, -0.05) is 36.4 Å². The molecule has 0 aliphatic carbocycles. The Hall–Kier alpha value is -3.19. The van der Waals surface area contributed by atoms with E-state index in [9.17, 15) is 9.59 Å². The molecule has 0 radical (unpaired) electrons. The second-order valence-corrected chi connectivity index (χ2v) is 9.79. The first-order valence-electron chi connectivity index (χ1n) is 12.5. The van der Waals surface area contributed by atoms with Gasteiger partial charge in [-0.15, -0.1) is 0 Å². The van der Waals surface area contributed by atoms with E-state index in [0.29, 0.717) is 45.8 Å². The molecule has 4 rings (SSSR count). The second kappa shape index (κ2) is 12.0. The first-order chi connectivity index (χ1) is 17.0. The molecule has 2 amide bonds. The van der Waals surface area contributed by atoms with Crippen LogP contribution in [0.1, 0.15) is 37.9 Å². The van der Waals surface area contributed by atoms with Gasteiger partial charge >= 0.3 is 0 Å². The molecular weight excluding hydrogens is 440 g/mol. The van der Waals surface area contributed by atoms with Crippen molar-refractivity contribution in [3.05, 3.63) is 72.1 Å². The number of carbonyl (C=O) groups excluding carboxylic acids is 2. The number of hydrogen-bond acceptors (Lipinski definition) is 5. The summed E-state index contributed by atoms with van der Waals surface area (Å²) in [6, 6.07) is 14.0. The Labute approximate surface area is 208 Å². The largest absolute Gasteiger partial charge is 0.489 e. The van der Waals surface area contributed by atoms with Crippen LogP contribution < -0.4 is 10.1 Å². The number of ether oxygens (including phenoxy) is 1. The molecule has 1 N–H and O–H groups in total. The van der Waals surface area contributed by atoms with Gasteiger partial charge in [0.1, 0.15) is 12.4 Å². The quantitative estimate of drug-likeness (QED) is 0.670. The van der Waals surface area contributed by atoms with E-state index in [-0.39, 0.29) is 29.7 Å². The molecule has 0 spiro atoms. The number of rotatable bonds is 5. The molecule has 2 aliphatic heterocycles. The minimum atomic E-state index is 0.0767. The average molecular weight is 477 g/mol. The molecule has 1 aromatic heterocycles. The van der Waals surface area contributed by atoms with Gasteiger partial charge in [0.05, 0.1) is 12.2 Å². The molecular formula is C28H36N4O3. The van der Waals surface area contributed by atoms with Gasteiger partial charge in [0.2, 0.25) is 11.8 Å². The molecule has 2 aromatic rings. The summed E-state index contributed by atoms with van der Waals surface area (Å²) in [6.07, 6.45) is 7.24. The normalized spacial score (nSPS) is 22.3. The van der Waals surface area contributed by atoms with Crippen molar-refractivity contribution in [1.29, 1.82) is 0 Å². The molecule has 2 atom stereocenters. The zero-order valence-electron chi connectivity index (χ0n) is 20.7. The topological polar surface area (TPSA) is 74.8 Å². The summed E-state index contributed by atoms with van der Waals surface area (Å²) < 4.78 is 6.13. The molecule has 2 aliphatic rings. The smallest absolute Gasteiger partial charge is 0.236 e. The summed E-state index contributed by atoms with van der Waals surface area (Å²) in [4.78, 5) is 34.5. The Bertz CT molecular complexity index is 1020. The minimum Gasteiger partial charge on any atom is -0.489 e. The summed E-state index contributed by atoms with van der Waals surface area (Å²) in [5.74, 6) is 1.34. The van der Waals surface area contributed by atoms with E-state index < -0.39 is 0 Å². The van der Waals surface area contributed by atoms with Crippen molar-refractivity contribution in [2.24, 2.45) is 11.8 Å². The zero-order chi connectivity index (χ0) is 24.6. The summed E-state index contributed by atoms with van der Waals surface area (Å²) in [7, 11) is 0. The molecule has 0 unspecified atom stereocenters. The van der Waals surface area contributed by atoms with Crippen LogP contribution >= 0.6 is 0 Å². The Kier molecular flexibility index (Phi) is 8.53. The third-order valence-corrected chi connectivity index (χ3v) is 6.61. The molecule has 1 saturated heterocycles. The Morgan fingerprint density at radius 2 is 2.00 bits per heavy atom. The van der Waals surface area contributed by atoms with Gasteiger partial charge in [-0.2, -0.15) is 0 Å². The van der Waals surface area contributed by atoms with Gasteiger partial charge in [0.25, 0.3) is 0 Å². The van der Waals surface area contributed by atoms with Crippen LogP contribution in [0.3, 0.4) is 0 Å². The number of para-hydroxylation sites is 1. The highest BCUT2D eigenvalue weighted by atomic mass is 16.5. The Morgan fingerprint density at radius 3 is 2.80 bits per heavy atom. The molecule has 1 fully saturated rings. The number of fused-ring (bicyclic) bond motifs is 3. The number of carbonyl (C=O) groups is 2. The van der Waals surface area contributed by atoms with Crippen molar-refractivity contribution in [3.63, 3.8) is 0 Å². The molecule has 7 nitrogen and oxygen atoms in total. The maximum absolute atomic E-state index is 13.4. The molecule has 3 heterocycles. The monoisotopic (exact) mass is 476 g/mol. The lowest BCUT2D eigenvalue weighted by Gasteiger charge is -2.38. The van der Waals surface area contributed by atoms with E-state index >= 15 is 0 Å². The highest BCUT2D eigenvalue weighted by molar-refractivity contribution is 5.79. The lowest BCUT2D eigenvalue weighted by atomic mass is 9.82. The molecule has 1 aromatic carbocycles. The first kappa shape index (κ1) is 24.9. The Balaban J connectivity index is 1.55. The second-order valence-electron chi connectivity index (χ2n) is 9.79. The summed E-state index contributed by atoms with van der Waals surface area (Å²) in [5, 5.41) is 3.01. The van der Waals surface area contributed by atoms with Crippen molar-refractivity contribution < 1.29 is 14.3 Å². The van der Waals surface area contributed by atoms with Crippen molar-refractivity contribution in [2.75, 3.05) is 26.2 Å². The van der Waals surface area contributed by atoms with Crippen molar-refractivity contribution in [2.45, 2.75) is 45.8 Å². The number of nitrogens with zero attached hydrogens (tertiary/aromatic N) is 3. The summed E-state index contributed by atoms with van der Waals surface area (Å²) in [6.45, 7) is 7.18. The fourth-order valence-electron chi connectivity index (χ4n) is 4.91. The molecule has 0 saturated carbocycles. The van der Waals surface area contributed by atoms with Crippen LogP contribution in [0.2, 0.25) is 0 Å². The van der Waals surface area contributed by atoms with E-state index in [0.717, 1.165) is 23.4 Å². The number of pyridine rings is 1. The van der Waals surface area contributed by atoms with Gasteiger partial charge in [-0.25, -0.2) is 0 Å². The minimum absolute atomic E-state index is 0.0767. The van der Waals surface area contributed by atoms with Crippen LogP contribution in [0.25, 0.3) is 0 Å². The SMILES string of the molecule is CC(C)NC(=O)C[C@@H]1CCN2C[C@@H]1/C=C\COc1ccccc1CN(Cc1ccccn1)CC2=O. The van der Waals surface area contributed by atoms with E-state index in [1.807, 2.05) is 61.2 Å². The molecule has 186 valence electrons. The van der Waals surface area contributed by atoms with E-state index in [2.05, 4.69) is 27.3 Å². The van der Waals surface area contributed by atoms with Crippen LogP contribution in [0.5, 0.6) is 5.75 Å². The Morgan fingerprint density at radius 1 is 1.17 bits per heavy atom. The fraction of sp³-hybridized carbons (Fsp3) is 0.464. The third kappa shape index (κ3) is 7.15. The number of hydrogen-bond donors (Lipinski definition) is 1. The molecule has 35 heavy (non-hydrogen) atoms. The van der Waals surface area contributed by atoms with E-state index in [1.54, 1.807) is 6.20 Å². The lowest BCUT2D eigenvalue weighted by Crippen LogP contribution is -2.48. The van der Waals surface area contributed by atoms with Crippen LogP contribution in [0, 0.1) is 11.8 Å². The lowest BCUT2D eigenvalue weighted by molar-refractivity contribution is -0.135. The highest BCUT2D eigenvalue weighted by Gasteiger charge is 2.32. The number of aromatic nitrogens is 1. The molecule has 7 heteroatoms. The third-order valence-electron chi connectivity index (χ3n) is 6.61. The predicted molar refractivity (Wildman–Crippen MR) is 136 cm³/mol. The van der Waals surface area contributed by atoms with Crippen LogP contribution in [-0.4, -0.2) is 58.9 Å². The number of piperidine rings is 1.